The van der Waals surface area contributed by atoms with Crippen molar-refractivity contribution < 1.29 is 20.8 Å². The van der Waals surface area contributed by atoms with E-state index in [4.69, 9.17) is 17.0 Å². The van der Waals surface area contributed by atoms with Gasteiger partial charge in [0.2, 0.25) is 0 Å². The molecule has 9 rings (SSSR count). The van der Waals surface area contributed by atoms with Gasteiger partial charge in [-0.2, -0.15) is 12.1 Å². The number of benzene rings is 6. The molecule has 8 aromatic rings. The molecule has 52 heavy (non-hydrogen) atoms. The Morgan fingerprint density at radius 1 is 0.596 bits per heavy atom. The first-order chi connectivity index (χ1) is 25.5. The van der Waals surface area contributed by atoms with Crippen molar-refractivity contribution in [2.24, 2.45) is 0 Å². The molecule has 0 aliphatic heterocycles. The molecule has 1 aliphatic carbocycles. The van der Waals surface area contributed by atoms with Crippen molar-refractivity contribution in [1.29, 1.82) is 0 Å². The maximum absolute atomic E-state index is 4.93. The average Bonchev–Trinajstić information content (AvgIpc) is 3.80. The Labute approximate surface area is 330 Å². The van der Waals surface area contributed by atoms with Crippen LogP contribution in [-0.4, -0.2) is 9.52 Å². The first-order valence-corrected chi connectivity index (χ1v) is 26.3. The Bertz CT molecular complexity index is 2420. The summed E-state index contributed by atoms with van der Waals surface area (Å²) in [6.45, 7) is 8.67. The summed E-state index contributed by atoms with van der Waals surface area (Å²) in [6.07, 6.45) is 8.33. The Morgan fingerprint density at radius 3 is 1.73 bits per heavy atom. The fraction of sp³-hybridized carbons (Fsp3) is 0.167. The van der Waals surface area contributed by atoms with E-state index >= 15 is 0 Å². The normalized spacial score (nSPS) is 13.5. The summed E-state index contributed by atoms with van der Waals surface area (Å²) in [5.41, 5.74) is 9.54. The van der Waals surface area contributed by atoms with Gasteiger partial charge in [-0.05, 0) is 57.9 Å². The fourth-order valence-electron chi connectivity index (χ4n) is 7.57. The summed E-state index contributed by atoms with van der Waals surface area (Å²) in [6, 6.07) is 51.2. The molecule has 1 atom stereocenters. The second-order valence-corrected chi connectivity index (χ2v) is 18.2. The molecule has 0 saturated carbocycles. The number of fused-ring (bicyclic) bond motifs is 4. The van der Waals surface area contributed by atoms with Gasteiger partial charge >= 0.3 is 37.9 Å². The van der Waals surface area contributed by atoms with Crippen LogP contribution in [0.1, 0.15) is 41.9 Å². The van der Waals surface area contributed by atoms with Gasteiger partial charge in [-0.25, -0.2) is 0 Å². The molecule has 1 unspecified atom stereocenters. The van der Waals surface area contributed by atoms with Crippen LogP contribution < -0.4 is 0 Å². The summed E-state index contributed by atoms with van der Waals surface area (Å²) < 4.78 is 0. The molecule has 0 N–H and O–H groups in total. The van der Waals surface area contributed by atoms with Crippen LogP contribution in [0.3, 0.4) is 0 Å². The first-order valence-electron chi connectivity index (χ1n) is 18.0. The van der Waals surface area contributed by atoms with Gasteiger partial charge in [0.25, 0.3) is 0 Å². The SMILES string of the molecule is C1=CCC(c2cc3c(-c4cccc5ccccc45)cccc3[cH-]2)CC1.C[Si]C.Cc1cc2c(-c3cccc4ccccc34)ccc(C)c2[cH-]1.[Cl][Zr+2][Cl]. The third-order valence-corrected chi connectivity index (χ3v) is 9.92. The number of hydrogen-bond acceptors (Lipinski definition) is 0. The van der Waals surface area contributed by atoms with Gasteiger partial charge in [0, 0.05) is 9.52 Å². The third kappa shape index (κ3) is 8.64. The Morgan fingerprint density at radius 2 is 1.13 bits per heavy atom. The average molecular weight is 811 g/mol. The minimum atomic E-state index is -0.826. The molecule has 0 heterocycles. The molecule has 2 radical (unpaired) electrons. The van der Waals surface area contributed by atoms with E-state index < -0.39 is 20.8 Å². The molecule has 0 saturated heterocycles. The van der Waals surface area contributed by atoms with Gasteiger partial charge < -0.3 is 0 Å². The predicted octanol–water partition coefficient (Wildman–Crippen LogP) is 15.4. The summed E-state index contributed by atoms with van der Waals surface area (Å²) >= 11 is -0.826. The van der Waals surface area contributed by atoms with E-state index in [9.17, 15) is 0 Å². The molecule has 0 amide bonds. The van der Waals surface area contributed by atoms with Crippen molar-refractivity contribution in [3.8, 4) is 22.3 Å². The monoisotopic (exact) mass is 808 g/mol. The van der Waals surface area contributed by atoms with Crippen molar-refractivity contribution in [3.05, 3.63) is 168 Å². The summed E-state index contributed by atoms with van der Waals surface area (Å²) in [7, 11) is 11.0. The van der Waals surface area contributed by atoms with Gasteiger partial charge in [0.15, 0.2) is 0 Å². The topological polar surface area (TPSA) is 0 Å². The molecule has 1 aliphatic rings. The third-order valence-electron chi connectivity index (χ3n) is 9.92. The van der Waals surface area contributed by atoms with Crippen molar-refractivity contribution in [2.75, 3.05) is 0 Å². The van der Waals surface area contributed by atoms with Crippen LogP contribution in [0.25, 0.3) is 65.3 Å². The van der Waals surface area contributed by atoms with Crippen LogP contribution in [-0.2, 0) is 20.8 Å². The molecule has 0 fully saturated rings. The Hall–Kier alpha value is -3.52. The number of rotatable bonds is 3. The van der Waals surface area contributed by atoms with Gasteiger partial charge in [-0.1, -0.05) is 147 Å². The van der Waals surface area contributed by atoms with Gasteiger partial charge in [0.1, 0.15) is 0 Å². The summed E-state index contributed by atoms with van der Waals surface area (Å²) in [5.74, 6) is 0.678. The standard InChI is InChI=1S/C25H21.C21H17.C2H6Si.2ClH.Zr/c1-2-8-18(9-3-1)21-16-20-12-7-15-24(25(20)17-21)23-14-6-11-19-10-4-5-13-22(19)23;1-14-12-20-15(2)10-11-19(21(20)13-14)18-9-5-7-16-6-3-4-8-17(16)18;1-3-2;;;/h1-2,4-7,10-18H,3,8-9H2;3-13H,1-2H3;1-2H3;2*1H;/q2*-1;;;;+4/p-2. The summed E-state index contributed by atoms with van der Waals surface area (Å²) in [4.78, 5) is 0. The van der Waals surface area contributed by atoms with Crippen LogP contribution in [0.15, 0.2) is 152 Å². The van der Waals surface area contributed by atoms with E-state index in [1.165, 1.54) is 101 Å². The molecule has 0 spiro atoms. The quantitative estimate of drug-likeness (QED) is 0.0947. The molecular weight excluding hydrogens is 767 g/mol. The van der Waals surface area contributed by atoms with Crippen LogP contribution >= 0.6 is 17.0 Å². The molecule has 258 valence electrons. The van der Waals surface area contributed by atoms with Crippen molar-refractivity contribution in [2.45, 2.75) is 52.1 Å². The predicted molar refractivity (Wildman–Crippen MR) is 229 cm³/mol. The van der Waals surface area contributed by atoms with E-state index in [1.54, 1.807) is 0 Å². The van der Waals surface area contributed by atoms with Crippen LogP contribution in [0, 0.1) is 13.8 Å². The van der Waals surface area contributed by atoms with Crippen molar-refractivity contribution in [3.63, 3.8) is 0 Å². The second-order valence-electron chi connectivity index (χ2n) is 13.5. The van der Waals surface area contributed by atoms with Crippen molar-refractivity contribution >= 4 is 69.6 Å². The van der Waals surface area contributed by atoms with Gasteiger partial charge in [-0.15, -0.1) is 68.6 Å². The number of halogens is 2. The molecule has 4 heteroatoms. The molecule has 8 aromatic carbocycles. The first kappa shape index (κ1) is 38.2. The second kappa shape index (κ2) is 18.5. The molecule has 0 bridgehead atoms. The van der Waals surface area contributed by atoms with Crippen LogP contribution in [0.2, 0.25) is 13.1 Å². The minimum absolute atomic E-state index is 0.678. The van der Waals surface area contributed by atoms with E-state index in [-0.39, 0.29) is 0 Å². The van der Waals surface area contributed by atoms with E-state index in [0.29, 0.717) is 5.92 Å². The zero-order valence-corrected chi connectivity index (χ0v) is 35.4. The number of aryl methyl sites for hydroxylation is 2. The van der Waals surface area contributed by atoms with E-state index in [1.807, 2.05) is 0 Å². The maximum atomic E-state index is 4.93. The summed E-state index contributed by atoms with van der Waals surface area (Å²) in [5, 5.41) is 10.8. The molecule has 0 aromatic heterocycles. The zero-order valence-electron chi connectivity index (χ0n) is 30.4. The zero-order chi connectivity index (χ0) is 36.5. The van der Waals surface area contributed by atoms with E-state index in [0.717, 1.165) is 9.52 Å². The molecule has 0 nitrogen and oxygen atoms in total. The Kier molecular flexibility index (Phi) is 13.6. The molecular formula is C48H44Cl2SiZr. The van der Waals surface area contributed by atoms with E-state index in [2.05, 4.69) is 179 Å². The number of allylic oxidation sites excluding steroid dienone is 2. The number of hydrogen-bond donors (Lipinski definition) is 0. The van der Waals surface area contributed by atoms with Crippen molar-refractivity contribution in [1.82, 2.24) is 0 Å². The fourth-order valence-corrected chi connectivity index (χ4v) is 7.57. The van der Waals surface area contributed by atoms with Crippen LogP contribution in [0.5, 0.6) is 0 Å². The van der Waals surface area contributed by atoms with Gasteiger partial charge in [-0.3, -0.25) is 0 Å². The van der Waals surface area contributed by atoms with Crippen LogP contribution in [0.4, 0.5) is 0 Å². The van der Waals surface area contributed by atoms with Gasteiger partial charge in [0.05, 0.1) is 0 Å². The Balaban J connectivity index is 0.000000157.